The van der Waals surface area contributed by atoms with Crippen molar-refractivity contribution in [3.63, 3.8) is 0 Å². The maximum absolute atomic E-state index is 11.0. The third kappa shape index (κ3) is 3.85. The molecule has 112 valence electrons. The Bertz CT molecular complexity index is 910. The van der Waals surface area contributed by atoms with Gasteiger partial charge >= 0.3 is 29.6 Å². The van der Waals surface area contributed by atoms with E-state index in [1.807, 2.05) is 30.3 Å². The molecule has 3 rings (SSSR count). The summed E-state index contributed by atoms with van der Waals surface area (Å²) in [5, 5.41) is 0.340. The van der Waals surface area contributed by atoms with Crippen molar-refractivity contribution < 1.29 is 42.5 Å². The van der Waals surface area contributed by atoms with E-state index in [1.54, 1.807) is 10.9 Å². The molecule has 0 aliphatic heterocycles. The zero-order chi connectivity index (χ0) is 15.7. The van der Waals surface area contributed by atoms with E-state index in [2.05, 4.69) is 4.98 Å². The number of nitrogens with zero attached hydrogens (tertiary/aromatic N) is 2. The van der Waals surface area contributed by atoms with Gasteiger partial charge in [-0.25, -0.2) is 13.4 Å². The van der Waals surface area contributed by atoms with E-state index in [1.165, 1.54) is 24.3 Å². The number of hydrogen-bond donors (Lipinski definition) is 0. The van der Waals surface area contributed by atoms with E-state index in [-0.39, 0.29) is 34.5 Å². The molecule has 0 amide bonds. The van der Waals surface area contributed by atoms with E-state index in [4.69, 9.17) is 11.6 Å². The summed E-state index contributed by atoms with van der Waals surface area (Å²) in [6.45, 7) is 0. The van der Waals surface area contributed by atoms with Crippen LogP contribution < -0.4 is 29.6 Å². The first-order valence-electron chi connectivity index (χ1n) is 6.31. The number of rotatable bonds is 3. The topological polar surface area (TPSA) is 75.0 Å². The molecule has 5 nitrogen and oxygen atoms in total. The molecule has 8 heteroatoms. The van der Waals surface area contributed by atoms with Gasteiger partial charge in [-0.1, -0.05) is 41.9 Å². The molecule has 1 aromatic heterocycles. The Kier molecular flexibility index (Phi) is 5.67. The minimum absolute atomic E-state index is 0. The Morgan fingerprint density at radius 2 is 1.61 bits per heavy atom. The Morgan fingerprint density at radius 1 is 1.00 bits per heavy atom. The molecule has 2 aromatic carbocycles. The minimum Gasteiger partial charge on any atom is -0.744 e. The number of imidazole rings is 1. The van der Waals surface area contributed by atoms with E-state index >= 15 is 0 Å². The van der Waals surface area contributed by atoms with Crippen molar-refractivity contribution in [2.24, 2.45) is 0 Å². The van der Waals surface area contributed by atoms with Crippen molar-refractivity contribution >= 4 is 21.7 Å². The maximum Gasteiger partial charge on any atom is 1.00 e. The van der Waals surface area contributed by atoms with Crippen LogP contribution in [0.25, 0.3) is 16.9 Å². The summed E-state index contributed by atoms with van der Waals surface area (Å²) in [6.07, 6.45) is 1.55. The van der Waals surface area contributed by atoms with Gasteiger partial charge in [0.15, 0.2) is 5.15 Å². The largest absolute Gasteiger partial charge is 1.00 e. The van der Waals surface area contributed by atoms with Crippen LogP contribution in [0.15, 0.2) is 65.8 Å². The van der Waals surface area contributed by atoms with Crippen LogP contribution >= 0.6 is 11.6 Å². The molecule has 0 radical (unpaired) electrons. The molecule has 0 saturated carbocycles. The first-order chi connectivity index (χ1) is 10.5. The molecule has 0 atom stereocenters. The molecule has 0 bridgehead atoms. The van der Waals surface area contributed by atoms with Crippen LogP contribution in [-0.4, -0.2) is 22.5 Å². The van der Waals surface area contributed by atoms with Crippen molar-refractivity contribution in [1.29, 1.82) is 0 Å². The second-order valence-corrected chi connectivity index (χ2v) is 6.31. The Labute approximate surface area is 161 Å². The van der Waals surface area contributed by atoms with Gasteiger partial charge in [-0.15, -0.1) is 0 Å². The van der Waals surface area contributed by atoms with Crippen LogP contribution in [0.2, 0.25) is 5.15 Å². The van der Waals surface area contributed by atoms with Crippen LogP contribution in [-0.2, 0) is 10.1 Å². The summed E-state index contributed by atoms with van der Waals surface area (Å²) in [5.74, 6) is 0. The van der Waals surface area contributed by atoms with Crippen LogP contribution in [0.3, 0.4) is 0 Å². The van der Waals surface area contributed by atoms with E-state index in [0.717, 1.165) is 5.56 Å². The van der Waals surface area contributed by atoms with Crippen LogP contribution in [0, 0.1) is 0 Å². The number of hydrogen-bond acceptors (Lipinski definition) is 4. The number of aromatic nitrogens is 2. The standard InChI is InChI=1S/C15H11ClN2O3S.Na/c16-15-14(11-4-2-1-3-5-11)18(10-17-15)12-6-8-13(9-7-12)22(19,20)21;/h1-10H,(H,19,20,21);/q;+1/p-1. The van der Waals surface area contributed by atoms with Gasteiger partial charge in [0.1, 0.15) is 16.4 Å². The third-order valence-corrected chi connectivity index (χ3v) is 4.30. The molecule has 0 aliphatic rings. The Balaban J connectivity index is 0.00000192. The Morgan fingerprint density at radius 3 is 2.17 bits per heavy atom. The van der Waals surface area contributed by atoms with Crippen LogP contribution in [0.5, 0.6) is 0 Å². The first kappa shape index (κ1) is 18.2. The summed E-state index contributed by atoms with van der Waals surface area (Å²) in [7, 11) is -4.46. The zero-order valence-electron chi connectivity index (χ0n) is 12.2. The van der Waals surface area contributed by atoms with Crippen molar-refractivity contribution in [1.82, 2.24) is 9.55 Å². The third-order valence-electron chi connectivity index (χ3n) is 3.17. The monoisotopic (exact) mass is 356 g/mol. The first-order valence-corrected chi connectivity index (χ1v) is 8.10. The molecular formula is C15H10ClN2NaO3S. The second kappa shape index (κ2) is 7.17. The molecular weight excluding hydrogens is 347 g/mol. The average Bonchev–Trinajstić information content (AvgIpc) is 2.89. The number of benzene rings is 2. The fraction of sp³-hybridized carbons (Fsp3) is 0. The molecule has 0 unspecified atom stereocenters. The normalized spacial score (nSPS) is 11.0. The molecule has 1 heterocycles. The van der Waals surface area contributed by atoms with Crippen LogP contribution in [0.1, 0.15) is 0 Å². The van der Waals surface area contributed by atoms with Gasteiger partial charge < -0.3 is 4.55 Å². The van der Waals surface area contributed by atoms with E-state index in [0.29, 0.717) is 16.5 Å². The molecule has 0 spiro atoms. The maximum atomic E-state index is 11.0. The summed E-state index contributed by atoms with van der Waals surface area (Å²) < 4.78 is 34.7. The summed E-state index contributed by atoms with van der Waals surface area (Å²) in [6, 6.07) is 15.1. The quantitative estimate of drug-likeness (QED) is 0.493. The van der Waals surface area contributed by atoms with Crippen LogP contribution in [0.4, 0.5) is 0 Å². The SMILES string of the molecule is O=S(=O)([O-])c1ccc(-n2cnc(Cl)c2-c2ccccc2)cc1.[Na+]. The van der Waals surface area contributed by atoms with Gasteiger partial charge in [0, 0.05) is 11.3 Å². The minimum atomic E-state index is -4.46. The van der Waals surface area contributed by atoms with Gasteiger partial charge in [0.2, 0.25) is 0 Å². The fourth-order valence-corrected chi connectivity index (χ4v) is 2.86. The Hall–Kier alpha value is -1.15. The zero-order valence-corrected chi connectivity index (χ0v) is 15.8. The number of halogens is 1. The summed E-state index contributed by atoms with van der Waals surface area (Å²) in [5.41, 5.74) is 2.23. The molecule has 3 aromatic rings. The predicted molar refractivity (Wildman–Crippen MR) is 82.0 cm³/mol. The van der Waals surface area contributed by atoms with Gasteiger partial charge in [0.25, 0.3) is 0 Å². The van der Waals surface area contributed by atoms with Gasteiger partial charge in [-0.05, 0) is 24.3 Å². The predicted octanol–water partition coefficient (Wildman–Crippen LogP) is 0.101. The van der Waals surface area contributed by atoms with E-state index < -0.39 is 10.1 Å². The summed E-state index contributed by atoms with van der Waals surface area (Å²) >= 11 is 6.16. The van der Waals surface area contributed by atoms with Gasteiger partial charge in [-0.3, -0.25) is 4.57 Å². The molecule has 0 N–H and O–H groups in total. The van der Waals surface area contributed by atoms with Gasteiger partial charge in [0.05, 0.1) is 10.6 Å². The van der Waals surface area contributed by atoms with Crippen molar-refractivity contribution in [3.05, 3.63) is 66.1 Å². The van der Waals surface area contributed by atoms with Gasteiger partial charge in [-0.2, -0.15) is 0 Å². The average molecular weight is 357 g/mol. The molecule has 0 fully saturated rings. The van der Waals surface area contributed by atoms with Crippen molar-refractivity contribution in [3.8, 4) is 16.9 Å². The van der Waals surface area contributed by atoms with Crippen molar-refractivity contribution in [2.45, 2.75) is 4.90 Å². The summed E-state index contributed by atoms with van der Waals surface area (Å²) in [4.78, 5) is 3.81. The molecule has 0 saturated heterocycles. The van der Waals surface area contributed by atoms with E-state index in [9.17, 15) is 13.0 Å². The van der Waals surface area contributed by atoms with Crippen molar-refractivity contribution in [2.75, 3.05) is 0 Å². The fourth-order valence-electron chi connectivity index (χ4n) is 2.15. The molecule has 0 aliphatic carbocycles. The smallest absolute Gasteiger partial charge is 0.744 e. The molecule has 23 heavy (non-hydrogen) atoms. The second-order valence-electron chi connectivity index (χ2n) is 4.57.